The maximum Gasteiger partial charge on any atom is 0.125 e. The number of rotatable bonds is 4. The van der Waals surface area contributed by atoms with Crippen molar-refractivity contribution in [3.05, 3.63) is 24.4 Å². The molecule has 0 aliphatic heterocycles. The van der Waals surface area contributed by atoms with E-state index in [1.165, 1.54) is 0 Å². The molecule has 12 heavy (non-hydrogen) atoms. The normalized spacial score (nSPS) is 12.5. The van der Waals surface area contributed by atoms with Gasteiger partial charge in [-0.25, -0.2) is 4.98 Å². The Morgan fingerprint density at radius 1 is 1.58 bits per heavy atom. The van der Waals surface area contributed by atoms with Gasteiger partial charge in [0.25, 0.3) is 0 Å². The Bertz CT molecular complexity index is 211. The van der Waals surface area contributed by atoms with Gasteiger partial charge >= 0.3 is 0 Å². The zero-order valence-corrected chi connectivity index (χ0v) is 7.20. The van der Waals surface area contributed by atoms with E-state index in [1.54, 1.807) is 13.1 Å². The van der Waals surface area contributed by atoms with E-state index < -0.39 is 0 Å². The molecule has 66 valence electrons. The van der Waals surface area contributed by atoms with Gasteiger partial charge in [-0.05, 0) is 25.5 Å². The zero-order valence-electron chi connectivity index (χ0n) is 7.20. The lowest BCUT2D eigenvalue weighted by molar-refractivity contribution is 0.188. The van der Waals surface area contributed by atoms with Crippen LogP contribution in [-0.2, 0) is 0 Å². The average Bonchev–Trinajstić information content (AvgIpc) is 2.05. The van der Waals surface area contributed by atoms with Crippen LogP contribution in [0.4, 0.5) is 5.82 Å². The first kappa shape index (κ1) is 9.00. The number of aliphatic hydroxyl groups excluding tert-OH is 1. The lowest BCUT2D eigenvalue weighted by atomic mass is 10.3. The number of hydrogen-bond acceptors (Lipinski definition) is 3. The minimum absolute atomic E-state index is 0.249. The quantitative estimate of drug-likeness (QED) is 0.708. The lowest BCUT2D eigenvalue weighted by Crippen LogP contribution is -2.10. The molecule has 3 heteroatoms. The van der Waals surface area contributed by atoms with Gasteiger partial charge in [-0.2, -0.15) is 0 Å². The fraction of sp³-hybridized carbons (Fsp3) is 0.444. The van der Waals surface area contributed by atoms with E-state index in [1.807, 2.05) is 18.2 Å². The summed E-state index contributed by atoms with van der Waals surface area (Å²) < 4.78 is 0. The van der Waals surface area contributed by atoms with E-state index in [0.29, 0.717) is 0 Å². The van der Waals surface area contributed by atoms with Crippen molar-refractivity contribution in [2.75, 3.05) is 11.9 Å². The van der Waals surface area contributed by atoms with Crippen molar-refractivity contribution < 1.29 is 5.11 Å². The summed E-state index contributed by atoms with van der Waals surface area (Å²) in [6.45, 7) is 2.54. The van der Waals surface area contributed by atoms with Crippen molar-refractivity contribution >= 4 is 5.82 Å². The molecule has 0 bridgehead atoms. The molecule has 0 amide bonds. The summed E-state index contributed by atoms with van der Waals surface area (Å²) in [4.78, 5) is 4.08. The van der Waals surface area contributed by atoms with Gasteiger partial charge in [0, 0.05) is 12.7 Å². The first-order valence-corrected chi connectivity index (χ1v) is 4.12. The van der Waals surface area contributed by atoms with E-state index in [9.17, 15) is 0 Å². The van der Waals surface area contributed by atoms with Crippen LogP contribution >= 0.6 is 0 Å². The van der Waals surface area contributed by atoms with E-state index >= 15 is 0 Å². The highest BCUT2D eigenvalue weighted by atomic mass is 16.3. The summed E-state index contributed by atoms with van der Waals surface area (Å²) >= 11 is 0. The number of pyridine rings is 1. The molecular weight excluding hydrogens is 152 g/mol. The monoisotopic (exact) mass is 166 g/mol. The molecule has 0 spiro atoms. The minimum Gasteiger partial charge on any atom is -0.393 e. The van der Waals surface area contributed by atoms with Gasteiger partial charge in [0.05, 0.1) is 6.10 Å². The van der Waals surface area contributed by atoms with Crippen LogP contribution in [0.25, 0.3) is 0 Å². The van der Waals surface area contributed by atoms with E-state index in [0.717, 1.165) is 18.8 Å². The van der Waals surface area contributed by atoms with Crippen LogP contribution in [0.3, 0.4) is 0 Å². The van der Waals surface area contributed by atoms with Crippen LogP contribution in [0.15, 0.2) is 24.4 Å². The van der Waals surface area contributed by atoms with Crippen LogP contribution < -0.4 is 5.32 Å². The Kier molecular flexibility index (Phi) is 3.54. The van der Waals surface area contributed by atoms with Gasteiger partial charge in [0.2, 0.25) is 0 Å². The second-order valence-electron chi connectivity index (χ2n) is 2.78. The maximum absolute atomic E-state index is 8.97. The molecule has 0 saturated heterocycles. The van der Waals surface area contributed by atoms with Crippen molar-refractivity contribution in [2.24, 2.45) is 0 Å². The topological polar surface area (TPSA) is 45.1 Å². The fourth-order valence-corrected chi connectivity index (χ4v) is 0.876. The predicted octanol–water partition coefficient (Wildman–Crippen LogP) is 1.26. The van der Waals surface area contributed by atoms with Gasteiger partial charge < -0.3 is 10.4 Å². The number of hydrogen-bond donors (Lipinski definition) is 2. The second kappa shape index (κ2) is 4.72. The molecule has 3 nitrogen and oxygen atoms in total. The molecule has 2 N–H and O–H groups in total. The lowest BCUT2D eigenvalue weighted by Gasteiger charge is -2.05. The summed E-state index contributed by atoms with van der Waals surface area (Å²) in [7, 11) is 0. The maximum atomic E-state index is 8.97. The molecule has 0 saturated carbocycles. The summed E-state index contributed by atoms with van der Waals surface area (Å²) in [6, 6.07) is 5.71. The smallest absolute Gasteiger partial charge is 0.125 e. The third-order valence-corrected chi connectivity index (χ3v) is 1.53. The van der Waals surface area contributed by atoms with Crippen molar-refractivity contribution in [1.29, 1.82) is 0 Å². The highest BCUT2D eigenvalue weighted by Crippen LogP contribution is 2.00. The molecule has 1 aromatic heterocycles. The molecule has 0 unspecified atom stereocenters. The van der Waals surface area contributed by atoms with Crippen molar-refractivity contribution in [3.63, 3.8) is 0 Å². The van der Waals surface area contributed by atoms with Gasteiger partial charge in [0.1, 0.15) is 5.82 Å². The number of anilines is 1. The molecule has 0 radical (unpaired) electrons. The molecule has 1 atom stereocenters. The molecule has 0 fully saturated rings. The summed E-state index contributed by atoms with van der Waals surface area (Å²) in [5, 5.41) is 12.1. The third kappa shape index (κ3) is 3.34. The van der Waals surface area contributed by atoms with Crippen LogP contribution in [0.1, 0.15) is 13.3 Å². The molecule has 1 aromatic rings. The number of nitrogens with zero attached hydrogens (tertiary/aromatic N) is 1. The fourth-order valence-electron chi connectivity index (χ4n) is 0.876. The molecule has 1 heterocycles. The van der Waals surface area contributed by atoms with Crippen LogP contribution in [0.5, 0.6) is 0 Å². The Morgan fingerprint density at radius 3 is 3.00 bits per heavy atom. The van der Waals surface area contributed by atoms with Crippen LogP contribution in [-0.4, -0.2) is 22.7 Å². The Balaban J connectivity index is 2.25. The van der Waals surface area contributed by atoms with Gasteiger partial charge in [-0.3, -0.25) is 0 Å². The van der Waals surface area contributed by atoms with Gasteiger partial charge in [0.15, 0.2) is 0 Å². The Hall–Kier alpha value is -1.09. The Morgan fingerprint density at radius 2 is 2.42 bits per heavy atom. The average molecular weight is 166 g/mol. The third-order valence-electron chi connectivity index (χ3n) is 1.53. The first-order chi connectivity index (χ1) is 5.79. The van der Waals surface area contributed by atoms with Gasteiger partial charge in [-0.1, -0.05) is 6.07 Å². The molecular formula is C9H14N2O. The number of aromatic nitrogens is 1. The van der Waals surface area contributed by atoms with Crippen LogP contribution in [0.2, 0.25) is 0 Å². The van der Waals surface area contributed by atoms with Crippen LogP contribution in [0, 0.1) is 0 Å². The second-order valence-corrected chi connectivity index (χ2v) is 2.78. The van der Waals surface area contributed by atoms with Gasteiger partial charge in [-0.15, -0.1) is 0 Å². The van der Waals surface area contributed by atoms with E-state index in [2.05, 4.69) is 10.3 Å². The molecule has 0 aliphatic rings. The van der Waals surface area contributed by atoms with Crippen molar-refractivity contribution in [1.82, 2.24) is 4.98 Å². The largest absolute Gasteiger partial charge is 0.393 e. The molecule has 0 aromatic carbocycles. The number of nitrogens with one attached hydrogen (secondary N) is 1. The summed E-state index contributed by atoms with van der Waals surface area (Å²) in [6.07, 6.45) is 2.24. The van der Waals surface area contributed by atoms with E-state index in [4.69, 9.17) is 5.11 Å². The Labute approximate surface area is 72.5 Å². The highest BCUT2D eigenvalue weighted by molar-refractivity contribution is 5.32. The minimum atomic E-state index is -0.249. The van der Waals surface area contributed by atoms with Crippen molar-refractivity contribution in [3.8, 4) is 0 Å². The molecule has 1 rings (SSSR count). The predicted molar refractivity (Wildman–Crippen MR) is 49.0 cm³/mol. The zero-order chi connectivity index (χ0) is 8.81. The van der Waals surface area contributed by atoms with Crippen molar-refractivity contribution in [2.45, 2.75) is 19.4 Å². The summed E-state index contributed by atoms with van der Waals surface area (Å²) in [5.41, 5.74) is 0. The first-order valence-electron chi connectivity index (χ1n) is 4.12. The SMILES string of the molecule is C[C@H](O)CCNc1ccccn1. The standard InChI is InChI=1S/C9H14N2O/c1-8(12)5-7-11-9-4-2-3-6-10-9/h2-4,6,8,12H,5,7H2,1H3,(H,10,11)/t8-/m0/s1. The molecule has 0 aliphatic carbocycles. The summed E-state index contributed by atoms with van der Waals surface area (Å²) in [5.74, 6) is 0.859. The highest BCUT2D eigenvalue weighted by Gasteiger charge is 1.94. The number of aliphatic hydroxyl groups is 1. The van der Waals surface area contributed by atoms with E-state index in [-0.39, 0.29) is 6.10 Å².